The van der Waals surface area contributed by atoms with Crippen molar-refractivity contribution in [1.82, 2.24) is 5.32 Å². The van der Waals surface area contributed by atoms with Crippen LogP contribution in [0, 0.1) is 17.3 Å². The Balaban J connectivity index is 2.81. The molecule has 7 nitrogen and oxygen atoms in total. The fraction of sp³-hybridized carbons (Fsp3) is 0.722. The normalized spacial score (nSPS) is 23.2. The molecular weight excluding hydrogens is 324 g/mol. The molecule has 0 aromatic heterocycles. The summed E-state index contributed by atoms with van der Waals surface area (Å²) in [5, 5.41) is 11.2. The minimum atomic E-state index is -1.22. The van der Waals surface area contributed by atoms with Crippen molar-refractivity contribution in [2.45, 2.75) is 58.5 Å². The third-order valence-electron chi connectivity index (χ3n) is 4.72. The van der Waals surface area contributed by atoms with Gasteiger partial charge in [0.2, 0.25) is 5.91 Å². The summed E-state index contributed by atoms with van der Waals surface area (Å²) in [5.41, 5.74) is 5.70. The van der Waals surface area contributed by atoms with Crippen molar-refractivity contribution in [3.05, 3.63) is 12.2 Å². The number of rotatable bonds is 7. The first-order valence-electron chi connectivity index (χ1n) is 8.60. The Morgan fingerprint density at radius 3 is 2.48 bits per heavy atom. The van der Waals surface area contributed by atoms with Crippen LogP contribution in [0.3, 0.4) is 0 Å². The number of ether oxygens (including phenoxy) is 1. The number of carbonyl (C=O) groups is 3. The maximum atomic E-state index is 12.0. The number of nitrogens with two attached hydrogens (primary N) is 1. The van der Waals surface area contributed by atoms with E-state index in [1.54, 1.807) is 6.08 Å². The van der Waals surface area contributed by atoms with Crippen LogP contribution < -0.4 is 11.1 Å². The zero-order chi connectivity index (χ0) is 19.2. The van der Waals surface area contributed by atoms with Gasteiger partial charge in [-0.1, -0.05) is 39.3 Å². The highest BCUT2D eigenvalue weighted by Gasteiger charge is 2.34. The van der Waals surface area contributed by atoms with Gasteiger partial charge in [0, 0.05) is 0 Å². The van der Waals surface area contributed by atoms with Gasteiger partial charge in [0.25, 0.3) is 0 Å². The van der Waals surface area contributed by atoms with Crippen LogP contribution in [-0.2, 0) is 19.1 Å². The number of hydrogen-bond donors (Lipinski definition) is 3. The van der Waals surface area contributed by atoms with Gasteiger partial charge in [0.15, 0.2) is 0 Å². The second kappa shape index (κ2) is 8.99. The van der Waals surface area contributed by atoms with E-state index in [0.717, 1.165) is 19.3 Å². The van der Waals surface area contributed by atoms with Crippen molar-refractivity contribution < 1.29 is 24.2 Å². The summed E-state index contributed by atoms with van der Waals surface area (Å²) in [5.74, 6) is -1.64. The highest BCUT2D eigenvalue weighted by Crippen LogP contribution is 2.44. The quantitative estimate of drug-likeness (QED) is 0.470. The first-order valence-corrected chi connectivity index (χ1v) is 8.60. The molecule has 142 valence electrons. The molecule has 0 radical (unpaired) electrons. The maximum Gasteiger partial charge on any atom is 0.332 e. The number of hydrogen-bond acceptors (Lipinski definition) is 5. The first-order chi connectivity index (χ1) is 11.6. The van der Waals surface area contributed by atoms with Crippen molar-refractivity contribution in [2.75, 3.05) is 7.11 Å². The SMILES string of the molecule is COC(=O)C(C=CC1CCCC1C(C)(C)C)NC(=O)[C@@H](N)CC(=O)O. The van der Waals surface area contributed by atoms with Crippen LogP contribution >= 0.6 is 0 Å². The highest BCUT2D eigenvalue weighted by atomic mass is 16.5. The molecule has 0 heterocycles. The molecule has 1 fully saturated rings. The predicted molar refractivity (Wildman–Crippen MR) is 93.6 cm³/mol. The molecule has 0 aromatic carbocycles. The lowest BCUT2D eigenvalue weighted by atomic mass is 9.74. The van der Waals surface area contributed by atoms with Gasteiger partial charge in [-0.2, -0.15) is 0 Å². The predicted octanol–water partition coefficient (Wildman–Crippen LogP) is 1.46. The molecule has 1 saturated carbocycles. The molecule has 0 aliphatic heterocycles. The second-order valence-electron chi connectivity index (χ2n) is 7.67. The number of nitrogens with one attached hydrogen (secondary N) is 1. The van der Waals surface area contributed by atoms with Crippen molar-refractivity contribution in [3.63, 3.8) is 0 Å². The minimum Gasteiger partial charge on any atom is -0.481 e. The van der Waals surface area contributed by atoms with Crippen molar-refractivity contribution in [2.24, 2.45) is 23.0 Å². The summed E-state index contributed by atoms with van der Waals surface area (Å²) in [6.07, 6.45) is 6.41. The van der Waals surface area contributed by atoms with Crippen LogP contribution in [0.5, 0.6) is 0 Å². The Morgan fingerprint density at radius 2 is 1.96 bits per heavy atom. The van der Waals surface area contributed by atoms with E-state index in [0.29, 0.717) is 11.8 Å². The van der Waals surface area contributed by atoms with Gasteiger partial charge >= 0.3 is 11.9 Å². The van der Waals surface area contributed by atoms with Crippen LogP contribution in [0.1, 0.15) is 46.5 Å². The number of carbonyl (C=O) groups excluding carboxylic acids is 2. The number of methoxy groups -OCH3 is 1. The monoisotopic (exact) mass is 354 g/mol. The molecule has 1 amide bonds. The van der Waals surface area contributed by atoms with Gasteiger partial charge in [-0.25, -0.2) is 4.79 Å². The Morgan fingerprint density at radius 1 is 1.32 bits per heavy atom. The summed E-state index contributed by atoms with van der Waals surface area (Å²) >= 11 is 0. The van der Waals surface area contributed by atoms with Crippen LogP contribution in [-0.4, -0.2) is 42.1 Å². The topological polar surface area (TPSA) is 119 Å². The number of allylic oxidation sites excluding steroid dienone is 1. The van der Waals surface area contributed by atoms with Crippen LogP contribution in [0.4, 0.5) is 0 Å². The summed E-state index contributed by atoms with van der Waals surface area (Å²) in [6, 6.07) is -2.19. The van der Waals surface area contributed by atoms with E-state index in [1.165, 1.54) is 7.11 Å². The Hall–Kier alpha value is -1.89. The van der Waals surface area contributed by atoms with Gasteiger partial charge in [-0.15, -0.1) is 0 Å². The molecular formula is C18H30N2O5. The first kappa shape index (κ1) is 21.2. The van der Waals surface area contributed by atoms with Crippen LogP contribution in [0.2, 0.25) is 0 Å². The third kappa shape index (κ3) is 6.49. The molecule has 7 heteroatoms. The smallest absolute Gasteiger partial charge is 0.332 e. The third-order valence-corrected chi connectivity index (χ3v) is 4.72. The number of amides is 1. The second-order valence-corrected chi connectivity index (χ2v) is 7.67. The van der Waals surface area contributed by atoms with Crippen molar-refractivity contribution >= 4 is 17.8 Å². The number of aliphatic carboxylic acids is 1. The molecule has 0 aromatic rings. The molecule has 4 atom stereocenters. The summed E-state index contributed by atoms with van der Waals surface area (Å²) in [6.45, 7) is 6.61. The van der Waals surface area contributed by atoms with Crippen LogP contribution in [0.25, 0.3) is 0 Å². The zero-order valence-corrected chi connectivity index (χ0v) is 15.5. The molecule has 1 aliphatic rings. The Bertz CT molecular complexity index is 524. The molecule has 1 aliphatic carbocycles. The Labute approximate surface area is 149 Å². The van der Waals surface area contributed by atoms with Gasteiger partial charge < -0.3 is 20.9 Å². The molecule has 0 spiro atoms. The van der Waals surface area contributed by atoms with Gasteiger partial charge in [-0.3, -0.25) is 9.59 Å². The molecule has 4 N–H and O–H groups in total. The largest absolute Gasteiger partial charge is 0.481 e. The number of esters is 1. The van der Waals surface area contributed by atoms with Gasteiger partial charge in [-0.05, 0) is 30.1 Å². The number of carboxylic acids is 1. The van der Waals surface area contributed by atoms with E-state index in [9.17, 15) is 14.4 Å². The molecule has 0 bridgehead atoms. The van der Waals surface area contributed by atoms with E-state index >= 15 is 0 Å². The molecule has 0 saturated heterocycles. The molecule has 1 rings (SSSR count). The van der Waals surface area contributed by atoms with Gasteiger partial charge in [0.05, 0.1) is 19.6 Å². The van der Waals surface area contributed by atoms with Crippen LogP contribution in [0.15, 0.2) is 12.2 Å². The summed E-state index contributed by atoms with van der Waals surface area (Å²) in [7, 11) is 1.24. The molecule has 25 heavy (non-hydrogen) atoms. The van der Waals surface area contributed by atoms with E-state index < -0.39 is 36.4 Å². The maximum absolute atomic E-state index is 12.0. The number of carboxylic acid groups (broad SMARTS) is 1. The van der Waals surface area contributed by atoms with Gasteiger partial charge in [0.1, 0.15) is 6.04 Å². The summed E-state index contributed by atoms with van der Waals surface area (Å²) in [4.78, 5) is 34.6. The lowest BCUT2D eigenvalue weighted by Gasteiger charge is -2.31. The highest BCUT2D eigenvalue weighted by molar-refractivity contribution is 5.90. The zero-order valence-electron chi connectivity index (χ0n) is 15.5. The lowest BCUT2D eigenvalue weighted by Crippen LogP contribution is -2.48. The van der Waals surface area contributed by atoms with E-state index in [4.69, 9.17) is 15.6 Å². The average molecular weight is 354 g/mol. The lowest BCUT2D eigenvalue weighted by molar-refractivity contribution is -0.144. The fourth-order valence-corrected chi connectivity index (χ4v) is 3.40. The average Bonchev–Trinajstić information content (AvgIpc) is 2.98. The minimum absolute atomic E-state index is 0.166. The van der Waals surface area contributed by atoms with Crippen molar-refractivity contribution in [3.8, 4) is 0 Å². The Kier molecular flexibility index (Phi) is 7.60. The standard InChI is InChI=1S/C18H30N2O5/c1-18(2,3)12-7-5-6-11(12)8-9-14(17(24)25-4)20-16(23)13(19)10-15(21)22/h8-9,11-14H,5-7,10,19H2,1-4H3,(H,20,23)(H,21,22)/t11?,12?,13-,14?/m0/s1. The molecule has 3 unspecified atom stereocenters. The van der Waals surface area contributed by atoms with E-state index in [2.05, 4.69) is 26.1 Å². The van der Waals surface area contributed by atoms with E-state index in [1.807, 2.05) is 6.08 Å². The fourth-order valence-electron chi connectivity index (χ4n) is 3.40. The van der Waals surface area contributed by atoms with E-state index in [-0.39, 0.29) is 5.41 Å². The van der Waals surface area contributed by atoms with Crippen molar-refractivity contribution in [1.29, 1.82) is 0 Å². The summed E-state index contributed by atoms with van der Waals surface area (Å²) < 4.78 is 4.72.